The predicted octanol–water partition coefficient (Wildman–Crippen LogP) is -0.00410. The van der Waals surface area contributed by atoms with Crippen LogP contribution in [-0.2, 0) is 23.8 Å². The van der Waals surface area contributed by atoms with Crippen molar-refractivity contribution in [3.8, 4) is 0 Å². The van der Waals surface area contributed by atoms with Crippen LogP contribution in [-0.4, -0.2) is 31.9 Å². The first kappa shape index (κ1) is 10.9. The van der Waals surface area contributed by atoms with Crippen molar-refractivity contribution >= 4 is 12.4 Å². The van der Waals surface area contributed by atoms with Gasteiger partial charge in [-0.05, 0) is 13.8 Å². The summed E-state index contributed by atoms with van der Waals surface area (Å²) in [5.74, 6) is -0.720. The van der Waals surface area contributed by atoms with Gasteiger partial charge in [-0.15, -0.1) is 0 Å². The summed E-state index contributed by atoms with van der Waals surface area (Å²) in [5.41, 5.74) is 0. The molecule has 0 aromatic heterocycles. The molecule has 69 valence electrons. The molecule has 1 radical (unpaired) electrons. The fourth-order valence-electron chi connectivity index (χ4n) is 0.556. The lowest BCUT2D eigenvalue weighted by molar-refractivity contribution is -0.178. The second-order valence-electron chi connectivity index (χ2n) is 1.74. The quantitative estimate of drug-likeness (QED) is 0.420. The molecule has 0 saturated carbocycles. The van der Waals surface area contributed by atoms with Crippen LogP contribution in [0.25, 0.3) is 0 Å². The molecule has 1 unspecified atom stereocenters. The minimum atomic E-state index is -1.28. The largest absolute Gasteiger partial charge is 0.461 e. The Kier molecular flexibility index (Phi) is 6.00. The van der Waals surface area contributed by atoms with E-state index in [1.165, 1.54) is 0 Å². The highest BCUT2D eigenvalue weighted by atomic mass is 16.7. The van der Waals surface area contributed by atoms with Crippen LogP contribution in [0.15, 0.2) is 0 Å². The van der Waals surface area contributed by atoms with Gasteiger partial charge < -0.3 is 14.2 Å². The fraction of sp³-hybridized carbons (Fsp3) is 0.714. The molecule has 0 amide bonds. The highest BCUT2D eigenvalue weighted by Gasteiger charge is 2.21. The number of esters is 1. The van der Waals surface area contributed by atoms with Crippen molar-refractivity contribution in [1.29, 1.82) is 0 Å². The molecule has 0 aliphatic rings. The average molecular weight is 175 g/mol. The van der Waals surface area contributed by atoms with Crippen LogP contribution >= 0.6 is 0 Å². The first-order chi connectivity index (χ1) is 5.76. The molecule has 5 nitrogen and oxygen atoms in total. The van der Waals surface area contributed by atoms with Crippen molar-refractivity contribution in [1.82, 2.24) is 0 Å². The fourth-order valence-corrected chi connectivity index (χ4v) is 0.556. The highest BCUT2D eigenvalue weighted by Crippen LogP contribution is 1.96. The molecule has 0 aromatic rings. The zero-order valence-corrected chi connectivity index (χ0v) is 7.03. The van der Waals surface area contributed by atoms with Gasteiger partial charge in [-0.2, -0.15) is 0 Å². The predicted molar refractivity (Wildman–Crippen MR) is 38.8 cm³/mol. The van der Waals surface area contributed by atoms with Gasteiger partial charge in [-0.25, -0.2) is 9.59 Å². The molecule has 0 bridgehead atoms. The van der Waals surface area contributed by atoms with Crippen LogP contribution in [0.1, 0.15) is 13.8 Å². The Morgan fingerprint density at radius 1 is 1.42 bits per heavy atom. The summed E-state index contributed by atoms with van der Waals surface area (Å²) in [6.45, 7) is 4.90. The summed E-state index contributed by atoms with van der Waals surface area (Å²) in [6.07, 6.45) is -1.28. The molecule has 0 aliphatic carbocycles. The molecule has 0 rings (SSSR count). The van der Waals surface area contributed by atoms with Gasteiger partial charge in [0.25, 0.3) is 0 Å². The van der Waals surface area contributed by atoms with Crippen LogP contribution < -0.4 is 0 Å². The first-order valence-corrected chi connectivity index (χ1v) is 3.57. The lowest BCUT2D eigenvalue weighted by Gasteiger charge is -2.11. The average Bonchev–Trinajstić information content (AvgIpc) is 2.04. The van der Waals surface area contributed by atoms with E-state index in [1.807, 2.05) is 0 Å². The van der Waals surface area contributed by atoms with Crippen LogP contribution in [0.2, 0.25) is 0 Å². The molecule has 0 N–H and O–H groups in total. The van der Waals surface area contributed by atoms with Gasteiger partial charge in [0.15, 0.2) is 0 Å². The Morgan fingerprint density at radius 2 is 2.08 bits per heavy atom. The molecule has 5 heteroatoms. The SMILES string of the molecule is CCOC(=O)C(O[C]=O)OCC. The number of rotatable bonds is 6. The molecule has 0 fully saturated rings. The van der Waals surface area contributed by atoms with Gasteiger partial charge >= 0.3 is 18.7 Å². The highest BCUT2D eigenvalue weighted by molar-refractivity contribution is 5.74. The summed E-state index contributed by atoms with van der Waals surface area (Å²) >= 11 is 0. The lowest BCUT2D eigenvalue weighted by Crippen LogP contribution is -2.29. The van der Waals surface area contributed by atoms with Gasteiger partial charge in [0.05, 0.1) is 6.61 Å². The summed E-state index contributed by atoms with van der Waals surface area (Å²) < 4.78 is 13.5. The van der Waals surface area contributed by atoms with Crippen LogP contribution in [0.5, 0.6) is 0 Å². The minimum absolute atomic E-state index is 0.213. The number of ether oxygens (including phenoxy) is 3. The van der Waals surface area contributed by atoms with Crippen LogP contribution in [0.4, 0.5) is 0 Å². The lowest BCUT2D eigenvalue weighted by atomic mass is 10.6. The standard InChI is InChI=1S/C7H11O5/c1-3-10-6(9)7(11-4-2)12-5-8/h7H,3-4H2,1-2H3. The Balaban J connectivity index is 3.89. The van der Waals surface area contributed by atoms with Gasteiger partial charge in [-0.1, -0.05) is 0 Å². The summed E-state index contributed by atoms with van der Waals surface area (Å²) in [6, 6.07) is 0. The number of carbonyl (C=O) groups excluding carboxylic acids is 2. The zero-order chi connectivity index (χ0) is 9.40. The molecular weight excluding hydrogens is 164 g/mol. The Hall–Kier alpha value is -1.10. The van der Waals surface area contributed by atoms with Crippen molar-refractivity contribution in [3.63, 3.8) is 0 Å². The Labute approximate surface area is 70.6 Å². The van der Waals surface area contributed by atoms with Crippen molar-refractivity contribution in [2.45, 2.75) is 20.1 Å². The maximum atomic E-state index is 10.9. The number of hydrogen-bond acceptors (Lipinski definition) is 5. The van der Waals surface area contributed by atoms with E-state index in [0.717, 1.165) is 6.47 Å². The molecular formula is C7H11O5. The van der Waals surface area contributed by atoms with E-state index in [0.29, 0.717) is 0 Å². The van der Waals surface area contributed by atoms with E-state index in [4.69, 9.17) is 4.74 Å². The monoisotopic (exact) mass is 175 g/mol. The topological polar surface area (TPSA) is 61.8 Å². The van der Waals surface area contributed by atoms with Crippen molar-refractivity contribution in [2.24, 2.45) is 0 Å². The molecule has 1 atom stereocenters. The van der Waals surface area contributed by atoms with Crippen molar-refractivity contribution < 1.29 is 23.8 Å². The zero-order valence-electron chi connectivity index (χ0n) is 7.03. The van der Waals surface area contributed by atoms with Crippen LogP contribution in [0.3, 0.4) is 0 Å². The van der Waals surface area contributed by atoms with E-state index in [-0.39, 0.29) is 13.2 Å². The maximum Gasteiger partial charge on any atom is 0.420 e. The van der Waals surface area contributed by atoms with Gasteiger partial charge in [-0.3, -0.25) is 0 Å². The summed E-state index contributed by atoms with van der Waals surface area (Å²) in [7, 11) is 0. The normalized spacial score (nSPS) is 11.8. The summed E-state index contributed by atoms with van der Waals surface area (Å²) in [5, 5.41) is 0. The third-order valence-electron chi connectivity index (χ3n) is 0.952. The first-order valence-electron chi connectivity index (χ1n) is 3.57. The Bertz CT molecular complexity index is 145. The van der Waals surface area contributed by atoms with E-state index >= 15 is 0 Å². The van der Waals surface area contributed by atoms with Gasteiger partial charge in [0.1, 0.15) is 0 Å². The third kappa shape index (κ3) is 3.92. The van der Waals surface area contributed by atoms with Crippen molar-refractivity contribution in [2.75, 3.05) is 13.2 Å². The van der Waals surface area contributed by atoms with E-state index in [1.54, 1.807) is 13.8 Å². The van der Waals surface area contributed by atoms with Gasteiger partial charge in [0, 0.05) is 6.61 Å². The van der Waals surface area contributed by atoms with E-state index < -0.39 is 12.3 Å². The molecule has 0 aliphatic heterocycles. The van der Waals surface area contributed by atoms with Crippen LogP contribution in [0, 0.1) is 0 Å². The van der Waals surface area contributed by atoms with E-state index in [9.17, 15) is 9.59 Å². The number of carbonyl (C=O) groups is 1. The maximum absolute atomic E-state index is 10.9. The van der Waals surface area contributed by atoms with E-state index in [2.05, 4.69) is 9.47 Å². The Morgan fingerprint density at radius 3 is 2.50 bits per heavy atom. The number of hydrogen-bond donors (Lipinski definition) is 0. The third-order valence-corrected chi connectivity index (χ3v) is 0.952. The molecule has 0 aromatic carbocycles. The molecule has 0 heterocycles. The second-order valence-corrected chi connectivity index (χ2v) is 1.74. The second kappa shape index (κ2) is 6.60. The minimum Gasteiger partial charge on any atom is -0.461 e. The molecule has 0 spiro atoms. The molecule has 0 saturated heterocycles. The van der Waals surface area contributed by atoms with Crippen molar-refractivity contribution in [3.05, 3.63) is 0 Å². The summed E-state index contributed by atoms with van der Waals surface area (Å²) in [4.78, 5) is 20.6. The molecule has 12 heavy (non-hydrogen) atoms. The smallest absolute Gasteiger partial charge is 0.420 e. The van der Waals surface area contributed by atoms with Gasteiger partial charge in [0.2, 0.25) is 0 Å².